The van der Waals surface area contributed by atoms with E-state index in [0.29, 0.717) is 18.0 Å². The molecule has 0 radical (unpaired) electrons. The molecule has 0 bridgehead atoms. The van der Waals surface area contributed by atoms with E-state index in [2.05, 4.69) is 4.98 Å². The first-order valence-electron chi connectivity index (χ1n) is 8.41. The molecule has 3 rings (SSSR count). The molecule has 0 spiro atoms. The number of hydrogen-bond acceptors (Lipinski definition) is 7. The fraction of sp³-hybridized carbons (Fsp3) is 0.316. The van der Waals surface area contributed by atoms with Crippen LogP contribution in [0.3, 0.4) is 0 Å². The number of ether oxygens (including phenoxy) is 1. The molecule has 1 atom stereocenters. The van der Waals surface area contributed by atoms with Gasteiger partial charge in [0.15, 0.2) is 18.3 Å². The molecular formula is C19H17N3O4S. The van der Waals surface area contributed by atoms with Gasteiger partial charge in [0.25, 0.3) is 0 Å². The number of anilines is 1. The lowest BCUT2D eigenvalue weighted by Gasteiger charge is -2.15. The van der Waals surface area contributed by atoms with Gasteiger partial charge in [-0.05, 0) is 37.6 Å². The average Bonchev–Trinajstić information content (AvgIpc) is 3.29. The topological polar surface area (TPSA) is 100 Å². The number of hydrogen-bond donors (Lipinski definition) is 0. The summed E-state index contributed by atoms with van der Waals surface area (Å²) < 4.78 is 5.04. The number of benzene rings is 1. The number of carbonyl (C=O) groups excluding carboxylic acids is 3. The van der Waals surface area contributed by atoms with Gasteiger partial charge in [-0.1, -0.05) is 0 Å². The van der Waals surface area contributed by atoms with Gasteiger partial charge in [-0.2, -0.15) is 5.26 Å². The summed E-state index contributed by atoms with van der Waals surface area (Å²) in [5, 5.41) is 11.4. The Balaban J connectivity index is 1.59. The molecule has 1 aliphatic rings. The van der Waals surface area contributed by atoms with Crippen molar-refractivity contribution in [2.24, 2.45) is 0 Å². The molecule has 1 aromatic carbocycles. The van der Waals surface area contributed by atoms with Crippen molar-refractivity contribution >= 4 is 34.7 Å². The van der Waals surface area contributed by atoms with Gasteiger partial charge in [0, 0.05) is 29.7 Å². The molecule has 1 aliphatic heterocycles. The van der Waals surface area contributed by atoms with Crippen LogP contribution < -0.4 is 4.90 Å². The van der Waals surface area contributed by atoms with Crippen molar-refractivity contribution in [1.29, 1.82) is 5.26 Å². The van der Waals surface area contributed by atoms with Crippen LogP contribution in [-0.2, 0) is 14.3 Å². The van der Waals surface area contributed by atoms with Crippen molar-refractivity contribution in [1.82, 2.24) is 4.98 Å². The maximum Gasteiger partial charge on any atom is 0.338 e. The summed E-state index contributed by atoms with van der Waals surface area (Å²) in [6, 6.07) is 8.38. The predicted octanol–water partition coefficient (Wildman–Crippen LogP) is 2.61. The van der Waals surface area contributed by atoms with E-state index in [0.717, 1.165) is 17.8 Å². The lowest BCUT2D eigenvalue weighted by molar-refractivity contribution is -0.122. The first-order valence-corrected chi connectivity index (χ1v) is 9.29. The number of nitriles is 1. The Morgan fingerprint density at radius 2 is 2.11 bits per heavy atom. The average molecular weight is 383 g/mol. The molecule has 138 valence electrons. The van der Waals surface area contributed by atoms with Crippen molar-refractivity contribution in [3.05, 3.63) is 45.9 Å². The summed E-state index contributed by atoms with van der Waals surface area (Å²) in [5.41, 5.74) is 1.74. The van der Waals surface area contributed by atoms with Crippen molar-refractivity contribution in [3.63, 3.8) is 0 Å². The minimum absolute atomic E-state index is 0.0656. The fourth-order valence-electron chi connectivity index (χ4n) is 2.77. The maximum atomic E-state index is 12.2. The molecule has 8 heteroatoms. The number of esters is 1. The highest BCUT2D eigenvalue weighted by atomic mass is 32.1. The van der Waals surface area contributed by atoms with Crippen LogP contribution in [0.2, 0.25) is 0 Å². The molecule has 7 nitrogen and oxygen atoms in total. The van der Waals surface area contributed by atoms with E-state index in [9.17, 15) is 19.6 Å². The second-order valence-corrected chi connectivity index (χ2v) is 7.02. The van der Waals surface area contributed by atoms with Crippen molar-refractivity contribution in [3.8, 4) is 6.07 Å². The minimum Gasteiger partial charge on any atom is -0.454 e. The Hall–Kier alpha value is -3.05. The van der Waals surface area contributed by atoms with Crippen LogP contribution in [0.1, 0.15) is 39.8 Å². The summed E-state index contributed by atoms with van der Waals surface area (Å²) in [6.45, 7) is 1.95. The summed E-state index contributed by atoms with van der Waals surface area (Å²) in [5.74, 6) is -2.15. The first kappa shape index (κ1) is 18.7. The van der Waals surface area contributed by atoms with E-state index < -0.39 is 24.3 Å². The molecule has 1 amide bonds. The van der Waals surface area contributed by atoms with Crippen LogP contribution in [0.4, 0.5) is 5.69 Å². The molecule has 0 N–H and O–H groups in total. The summed E-state index contributed by atoms with van der Waals surface area (Å²) in [6.07, 6.45) is 1.36. The SMILES string of the molecule is Cc1csc([C@H](C#N)C(=O)COC(=O)c2ccc(N3CCCC3=O)cc2)n1. The number of ketones is 1. The van der Waals surface area contributed by atoms with Crippen LogP contribution in [0, 0.1) is 18.3 Å². The van der Waals surface area contributed by atoms with Gasteiger partial charge in [-0.3, -0.25) is 9.59 Å². The zero-order valence-electron chi connectivity index (χ0n) is 14.7. The molecule has 2 aromatic rings. The molecule has 2 heterocycles. The highest BCUT2D eigenvalue weighted by Gasteiger charge is 2.25. The third-order valence-electron chi connectivity index (χ3n) is 4.17. The highest BCUT2D eigenvalue weighted by molar-refractivity contribution is 7.09. The van der Waals surface area contributed by atoms with Gasteiger partial charge in [-0.25, -0.2) is 9.78 Å². The maximum absolute atomic E-state index is 12.2. The Labute approximate surface area is 160 Å². The normalized spacial score (nSPS) is 14.7. The first-order chi connectivity index (χ1) is 13.0. The second kappa shape index (κ2) is 8.10. The zero-order chi connectivity index (χ0) is 19.4. The Kier molecular flexibility index (Phi) is 5.62. The monoisotopic (exact) mass is 383 g/mol. The van der Waals surface area contributed by atoms with Gasteiger partial charge in [-0.15, -0.1) is 11.3 Å². The Morgan fingerprint density at radius 3 is 2.67 bits per heavy atom. The van der Waals surface area contributed by atoms with E-state index >= 15 is 0 Å². The molecule has 27 heavy (non-hydrogen) atoms. The number of nitrogens with zero attached hydrogens (tertiary/aromatic N) is 3. The summed E-state index contributed by atoms with van der Waals surface area (Å²) in [7, 11) is 0. The number of carbonyl (C=O) groups is 3. The van der Waals surface area contributed by atoms with Gasteiger partial charge >= 0.3 is 5.97 Å². The highest BCUT2D eigenvalue weighted by Crippen LogP contribution is 2.23. The van der Waals surface area contributed by atoms with E-state index in [1.807, 2.05) is 6.07 Å². The molecular weight excluding hydrogens is 366 g/mol. The Morgan fingerprint density at radius 1 is 1.37 bits per heavy atom. The number of amides is 1. The van der Waals surface area contributed by atoms with E-state index in [1.54, 1.807) is 41.5 Å². The van der Waals surface area contributed by atoms with Gasteiger partial charge < -0.3 is 9.64 Å². The minimum atomic E-state index is -1.04. The zero-order valence-corrected chi connectivity index (χ0v) is 15.5. The van der Waals surface area contributed by atoms with Gasteiger partial charge in [0.2, 0.25) is 5.91 Å². The van der Waals surface area contributed by atoms with Gasteiger partial charge in [0.05, 0.1) is 11.6 Å². The molecule has 0 aliphatic carbocycles. The molecule has 0 saturated carbocycles. The Bertz CT molecular complexity index is 914. The van der Waals surface area contributed by atoms with Crippen molar-refractivity contribution in [2.75, 3.05) is 18.1 Å². The number of aryl methyl sites for hydroxylation is 1. The quantitative estimate of drug-likeness (QED) is 0.711. The third-order valence-corrected chi connectivity index (χ3v) is 5.20. The van der Waals surface area contributed by atoms with E-state index in [4.69, 9.17) is 4.74 Å². The fourth-order valence-corrected chi connectivity index (χ4v) is 3.63. The lowest BCUT2D eigenvalue weighted by Crippen LogP contribution is -2.23. The molecule has 1 fully saturated rings. The predicted molar refractivity (Wildman–Crippen MR) is 98.5 cm³/mol. The molecule has 1 saturated heterocycles. The van der Waals surface area contributed by atoms with Crippen LogP contribution >= 0.6 is 11.3 Å². The third kappa shape index (κ3) is 4.20. The molecule has 0 unspecified atom stereocenters. The number of thiazole rings is 1. The standard InChI is InChI=1S/C19H17N3O4S/c1-12-11-27-18(21-12)15(9-20)16(23)10-26-19(25)13-4-6-14(7-5-13)22-8-2-3-17(22)24/h4-7,11,15H,2-3,8,10H2,1H3/t15-/m1/s1. The lowest BCUT2D eigenvalue weighted by atomic mass is 10.1. The van der Waals surface area contributed by atoms with Crippen LogP contribution in [0.15, 0.2) is 29.6 Å². The number of rotatable bonds is 6. The largest absolute Gasteiger partial charge is 0.454 e. The van der Waals surface area contributed by atoms with Crippen LogP contribution in [0.25, 0.3) is 0 Å². The van der Waals surface area contributed by atoms with Crippen molar-refractivity contribution < 1.29 is 19.1 Å². The van der Waals surface area contributed by atoms with Crippen LogP contribution in [0.5, 0.6) is 0 Å². The van der Waals surface area contributed by atoms with E-state index in [1.165, 1.54) is 11.3 Å². The smallest absolute Gasteiger partial charge is 0.338 e. The number of aromatic nitrogens is 1. The van der Waals surface area contributed by atoms with E-state index in [-0.39, 0.29) is 11.5 Å². The summed E-state index contributed by atoms with van der Waals surface area (Å²) >= 11 is 1.23. The molecule has 1 aromatic heterocycles. The second-order valence-electron chi connectivity index (χ2n) is 6.13. The van der Waals surface area contributed by atoms with Gasteiger partial charge in [0.1, 0.15) is 5.01 Å². The summed E-state index contributed by atoms with van der Waals surface area (Å²) in [4.78, 5) is 41.9. The number of Topliss-reactive ketones (excluding diaryl/α,β-unsaturated/α-hetero) is 1. The van der Waals surface area contributed by atoms with Crippen molar-refractivity contribution in [2.45, 2.75) is 25.7 Å². The van der Waals surface area contributed by atoms with Crippen LogP contribution in [-0.4, -0.2) is 35.8 Å².